The molecule has 5 rings (SSSR count). The van der Waals surface area contributed by atoms with Crippen LogP contribution in [0.25, 0.3) is 11.4 Å². The SMILES string of the molecule is Cl.O[C@@H](CN[C@H]1CCc2ccc(Oc3ncccc3-c3nn[nH]n3)cc2C1)c1cccc(Cl)c1. The lowest BCUT2D eigenvalue weighted by Gasteiger charge is -2.27. The average Bonchev–Trinajstić information content (AvgIpc) is 3.37. The highest BCUT2D eigenvalue weighted by Crippen LogP contribution is 2.32. The van der Waals surface area contributed by atoms with Gasteiger partial charge in [-0.25, -0.2) is 4.98 Å². The molecule has 1 aliphatic rings. The smallest absolute Gasteiger partial charge is 0.230 e. The molecule has 176 valence electrons. The van der Waals surface area contributed by atoms with Gasteiger partial charge in [0.05, 0.1) is 11.7 Å². The van der Waals surface area contributed by atoms with Crippen LogP contribution in [-0.4, -0.2) is 43.3 Å². The van der Waals surface area contributed by atoms with Crippen molar-refractivity contribution in [2.75, 3.05) is 6.54 Å². The molecule has 2 aromatic carbocycles. The van der Waals surface area contributed by atoms with E-state index in [4.69, 9.17) is 16.3 Å². The van der Waals surface area contributed by atoms with Crippen molar-refractivity contribution in [2.24, 2.45) is 0 Å². The first-order valence-corrected chi connectivity index (χ1v) is 11.2. The number of tetrazole rings is 1. The summed E-state index contributed by atoms with van der Waals surface area (Å²) in [5, 5.41) is 28.8. The molecule has 34 heavy (non-hydrogen) atoms. The minimum absolute atomic E-state index is 0. The van der Waals surface area contributed by atoms with Crippen molar-refractivity contribution in [3.63, 3.8) is 0 Å². The van der Waals surface area contributed by atoms with Crippen LogP contribution in [0.5, 0.6) is 11.6 Å². The minimum Gasteiger partial charge on any atom is -0.438 e. The van der Waals surface area contributed by atoms with Gasteiger partial charge < -0.3 is 15.2 Å². The Bertz CT molecular complexity index is 1240. The highest BCUT2D eigenvalue weighted by Gasteiger charge is 2.21. The van der Waals surface area contributed by atoms with Gasteiger partial charge in [-0.3, -0.25) is 0 Å². The van der Waals surface area contributed by atoms with Gasteiger partial charge in [0.25, 0.3) is 0 Å². The maximum atomic E-state index is 10.5. The predicted octanol–water partition coefficient (Wildman–Crippen LogP) is 4.31. The largest absolute Gasteiger partial charge is 0.438 e. The molecule has 10 heteroatoms. The van der Waals surface area contributed by atoms with Crippen LogP contribution in [0, 0.1) is 0 Å². The van der Waals surface area contributed by atoms with Gasteiger partial charge in [0, 0.05) is 23.8 Å². The number of hydrogen-bond donors (Lipinski definition) is 3. The van der Waals surface area contributed by atoms with Gasteiger partial charge in [-0.05, 0) is 77.6 Å². The molecule has 0 aliphatic heterocycles. The Kier molecular flexibility index (Phi) is 7.74. The number of fused-ring (bicyclic) bond motifs is 1. The first kappa shape index (κ1) is 24.1. The molecule has 2 heterocycles. The van der Waals surface area contributed by atoms with E-state index in [0.29, 0.717) is 34.6 Å². The molecule has 0 saturated carbocycles. The third-order valence-electron chi connectivity index (χ3n) is 5.81. The van der Waals surface area contributed by atoms with Crippen molar-refractivity contribution in [2.45, 2.75) is 31.4 Å². The number of benzene rings is 2. The fourth-order valence-corrected chi connectivity index (χ4v) is 4.31. The maximum absolute atomic E-state index is 10.5. The number of nitrogens with one attached hydrogen (secondary N) is 2. The number of hydrogen-bond acceptors (Lipinski definition) is 7. The van der Waals surface area contributed by atoms with Crippen LogP contribution in [0.4, 0.5) is 0 Å². The van der Waals surface area contributed by atoms with Gasteiger partial charge in [-0.2, -0.15) is 5.21 Å². The van der Waals surface area contributed by atoms with E-state index in [9.17, 15) is 5.11 Å². The highest BCUT2D eigenvalue weighted by atomic mass is 35.5. The van der Waals surface area contributed by atoms with Crippen molar-refractivity contribution in [3.8, 4) is 23.0 Å². The molecule has 0 fully saturated rings. The molecule has 2 aromatic heterocycles. The number of aromatic amines is 1. The number of nitrogens with zero attached hydrogens (tertiary/aromatic N) is 4. The van der Waals surface area contributed by atoms with Gasteiger partial charge in [0.2, 0.25) is 11.7 Å². The first-order valence-electron chi connectivity index (χ1n) is 10.8. The lowest BCUT2D eigenvalue weighted by atomic mass is 9.88. The molecule has 8 nitrogen and oxygen atoms in total. The molecule has 1 aliphatic carbocycles. The molecule has 0 unspecified atom stereocenters. The maximum Gasteiger partial charge on any atom is 0.230 e. The summed E-state index contributed by atoms with van der Waals surface area (Å²) in [6, 6.07) is 17.4. The third kappa shape index (κ3) is 5.53. The van der Waals surface area contributed by atoms with Gasteiger partial charge in [0.15, 0.2) is 0 Å². The number of aliphatic hydroxyl groups is 1. The number of aliphatic hydroxyl groups excluding tert-OH is 1. The van der Waals surface area contributed by atoms with Crippen molar-refractivity contribution >= 4 is 24.0 Å². The van der Waals surface area contributed by atoms with Crippen LogP contribution >= 0.6 is 24.0 Å². The molecule has 2 atom stereocenters. The van der Waals surface area contributed by atoms with Crippen molar-refractivity contribution in [1.82, 2.24) is 30.9 Å². The summed E-state index contributed by atoms with van der Waals surface area (Å²) in [5.41, 5.74) is 4.02. The number of rotatable bonds is 7. The molecule has 0 radical (unpaired) electrons. The summed E-state index contributed by atoms with van der Waals surface area (Å²) >= 11 is 6.05. The molecule has 3 N–H and O–H groups in total. The fourth-order valence-electron chi connectivity index (χ4n) is 4.11. The summed E-state index contributed by atoms with van der Waals surface area (Å²) in [6.45, 7) is 0.471. The average molecular weight is 499 g/mol. The first-order chi connectivity index (χ1) is 16.2. The number of pyridine rings is 1. The zero-order chi connectivity index (χ0) is 22.6. The quantitative estimate of drug-likeness (QED) is 0.348. The third-order valence-corrected chi connectivity index (χ3v) is 6.05. The summed E-state index contributed by atoms with van der Waals surface area (Å²) in [5.74, 6) is 1.56. The normalized spacial score (nSPS) is 15.8. The zero-order valence-electron chi connectivity index (χ0n) is 18.2. The van der Waals surface area contributed by atoms with E-state index in [2.05, 4.69) is 43.1 Å². The van der Waals surface area contributed by atoms with E-state index in [1.54, 1.807) is 24.4 Å². The van der Waals surface area contributed by atoms with Gasteiger partial charge in [-0.1, -0.05) is 29.8 Å². The monoisotopic (exact) mass is 498 g/mol. The summed E-state index contributed by atoms with van der Waals surface area (Å²) in [7, 11) is 0. The van der Waals surface area contributed by atoms with Gasteiger partial charge in [0.1, 0.15) is 5.75 Å². The van der Waals surface area contributed by atoms with Crippen LogP contribution in [0.2, 0.25) is 5.02 Å². The minimum atomic E-state index is -0.604. The van der Waals surface area contributed by atoms with Crippen LogP contribution in [0.3, 0.4) is 0 Å². The second-order valence-corrected chi connectivity index (χ2v) is 8.48. The lowest BCUT2D eigenvalue weighted by Crippen LogP contribution is -2.37. The van der Waals surface area contributed by atoms with Crippen molar-refractivity contribution in [3.05, 3.63) is 82.5 Å². The van der Waals surface area contributed by atoms with Gasteiger partial charge >= 0.3 is 0 Å². The lowest BCUT2D eigenvalue weighted by molar-refractivity contribution is 0.168. The van der Waals surface area contributed by atoms with E-state index in [1.165, 1.54) is 11.1 Å². The Morgan fingerprint density at radius 1 is 1.15 bits per heavy atom. The van der Waals surface area contributed by atoms with Crippen LogP contribution in [0.15, 0.2) is 60.8 Å². The van der Waals surface area contributed by atoms with E-state index >= 15 is 0 Å². The second kappa shape index (κ2) is 10.9. The van der Waals surface area contributed by atoms with E-state index in [-0.39, 0.29) is 18.4 Å². The Morgan fingerprint density at radius 3 is 2.88 bits per heavy atom. The molecule has 0 amide bonds. The van der Waals surface area contributed by atoms with Gasteiger partial charge in [-0.15, -0.1) is 22.6 Å². The molecular weight excluding hydrogens is 475 g/mol. The molecule has 4 aromatic rings. The standard InChI is InChI=1S/C24H23ClN6O2.ClH/c25-18-4-1-3-16(11-18)22(32)14-27-19-8-6-15-7-9-20(13-17(15)12-19)33-24-21(5-2-10-26-24)23-28-30-31-29-23;/h1-5,7,9-11,13,19,22,27,32H,6,8,12,14H2,(H,28,29,30,31);1H/t19-,22-;/m0./s1. The Hall–Kier alpha value is -3.04. The summed E-state index contributed by atoms with van der Waals surface area (Å²) in [4.78, 5) is 4.35. The van der Waals surface area contributed by atoms with Crippen LogP contribution < -0.4 is 10.1 Å². The number of H-pyrrole nitrogens is 1. The topological polar surface area (TPSA) is 109 Å². The van der Waals surface area contributed by atoms with E-state index in [1.807, 2.05) is 24.3 Å². The van der Waals surface area contributed by atoms with Crippen molar-refractivity contribution in [1.29, 1.82) is 0 Å². The fraction of sp³-hybridized carbons (Fsp3) is 0.250. The Balaban J connectivity index is 0.00000274. The zero-order valence-corrected chi connectivity index (χ0v) is 19.8. The van der Waals surface area contributed by atoms with Crippen LogP contribution in [0.1, 0.15) is 29.2 Å². The van der Waals surface area contributed by atoms with Crippen LogP contribution in [-0.2, 0) is 12.8 Å². The number of ether oxygens (including phenoxy) is 1. The Labute approximate surface area is 208 Å². The van der Waals surface area contributed by atoms with Crippen molar-refractivity contribution < 1.29 is 9.84 Å². The number of aromatic nitrogens is 5. The predicted molar refractivity (Wildman–Crippen MR) is 131 cm³/mol. The molecule has 0 bridgehead atoms. The number of aryl methyl sites for hydroxylation is 1. The summed E-state index contributed by atoms with van der Waals surface area (Å²) in [6.07, 6.45) is 3.90. The Morgan fingerprint density at radius 2 is 2.06 bits per heavy atom. The van der Waals surface area contributed by atoms with E-state index < -0.39 is 6.10 Å². The van der Waals surface area contributed by atoms with E-state index in [0.717, 1.165) is 24.8 Å². The number of halogens is 2. The molecule has 0 spiro atoms. The second-order valence-electron chi connectivity index (χ2n) is 8.04. The highest BCUT2D eigenvalue weighted by molar-refractivity contribution is 6.30. The molecular formula is C24H24Cl2N6O2. The summed E-state index contributed by atoms with van der Waals surface area (Å²) < 4.78 is 6.10. The molecule has 0 saturated heterocycles.